The fourth-order valence-corrected chi connectivity index (χ4v) is 4.20. The Kier molecular flexibility index (Phi) is 4.67. The molecule has 1 saturated heterocycles. The van der Waals surface area contributed by atoms with Crippen LogP contribution in [-0.2, 0) is 11.2 Å². The Morgan fingerprint density at radius 1 is 1.46 bits per heavy atom. The third-order valence-corrected chi connectivity index (χ3v) is 5.62. The lowest BCUT2D eigenvalue weighted by molar-refractivity contribution is -0.149. The molecule has 0 unspecified atom stereocenters. The number of carbonyl (C=O) groups excluding carboxylic acids is 1. The van der Waals surface area contributed by atoms with Crippen LogP contribution in [0.3, 0.4) is 0 Å². The van der Waals surface area contributed by atoms with Crippen molar-refractivity contribution in [2.24, 2.45) is 11.3 Å². The van der Waals surface area contributed by atoms with Gasteiger partial charge in [0.2, 0.25) is 0 Å². The first-order chi connectivity index (χ1) is 11.4. The van der Waals surface area contributed by atoms with E-state index in [-0.39, 0.29) is 18.5 Å². The molecule has 1 aliphatic carbocycles. The minimum atomic E-state index is -0.793. The standard InChI is InChI=1S/C17H20ClFN2O3/c18-14-8-13(19)4-3-11(14)5-7-20-16(24)21-9-12-2-1-6-17(12,10-21)15(22)23/h3-4,8,12H,1-2,5-7,9-10H2,(H,20,24)(H,22,23)/t12-,17+/m0/s1. The van der Waals surface area contributed by atoms with Crippen molar-refractivity contribution in [1.82, 2.24) is 10.2 Å². The Bertz CT molecular complexity index is 669. The second-order valence-electron chi connectivity index (χ2n) is 6.65. The number of halogens is 2. The van der Waals surface area contributed by atoms with Gasteiger partial charge in [-0.3, -0.25) is 4.79 Å². The highest BCUT2D eigenvalue weighted by Crippen LogP contribution is 2.48. The normalized spacial score (nSPS) is 25.6. The van der Waals surface area contributed by atoms with E-state index in [4.69, 9.17) is 11.6 Å². The van der Waals surface area contributed by atoms with E-state index in [1.54, 1.807) is 11.0 Å². The zero-order valence-corrected chi connectivity index (χ0v) is 14.0. The van der Waals surface area contributed by atoms with Gasteiger partial charge in [-0.15, -0.1) is 0 Å². The number of hydrogen-bond donors (Lipinski definition) is 2. The van der Waals surface area contributed by atoms with Crippen LogP contribution in [0.15, 0.2) is 18.2 Å². The van der Waals surface area contributed by atoms with E-state index in [0.717, 1.165) is 18.4 Å². The lowest BCUT2D eigenvalue weighted by Crippen LogP contribution is -2.42. The Balaban J connectivity index is 1.54. The molecule has 0 spiro atoms. The first kappa shape index (κ1) is 17.0. The topological polar surface area (TPSA) is 69.6 Å². The fraction of sp³-hybridized carbons (Fsp3) is 0.529. The second-order valence-corrected chi connectivity index (χ2v) is 7.06. The number of likely N-dealkylation sites (tertiary alicyclic amines) is 1. The molecule has 0 aromatic heterocycles. The van der Waals surface area contributed by atoms with Gasteiger partial charge in [-0.2, -0.15) is 0 Å². The maximum absolute atomic E-state index is 13.0. The van der Waals surface area contributed by atoms with E-state index in [0.29, 0.717) is 31.0 Å². The number of amides is 2. The highest BCUT2D eigenvalue weighted by Gasteiger charge is 2.55. The predicted octanol–water partition coefficient (Wildman–Crippen LogP) is 2.92. The quantitative estimate of drug-likeness (QED) is 0.873. The Morgan fingerprint density at radius 3 is 2.92 bits per heavy atom. The minimum absolute atomic E-state index is 0.0484. The molecule has 1 aromatic carbocycles. The third-order valence-electron chi connectivity index (χ3n) is 5.27. The van der Waals surface area contributed by atoms with Crippen LogP contribution < -0.4 is 5.32 Å². The largest absolute Gasteiger partial charge is 0.481 e. The Hall–Kier alpha value is -1.82. The smallest absolute Gasteiger partial charge is 0.317 e. The molecule has 1 heterocycles. The lowest BCUT2D eigenvalue weighted by Gasteiger charge is -2.23. The van der Waals surface area contributed by atoms with Gasteiger partial charge < -0.3 is 15.3 Å². The zero-order valence-electron chi connectivity index (χ0n) is 13.2. The van der Waals surface area contributed by atoms with E-state index in [1.807, 2.05) is 0 Å². The molecule has 2 amide bonds. The minimum Gasteiger partial charge on any atom is -0.481 e. The van der Waals surface area contributed by atoms with Crippen molar-refractivity contribution in [3.8, 4) is 0 Å². The van der Waals surface area contributed by atoms with Crippen LogP contribution in [0.4, 0.5) is 9.18 Å². The van der Waals surface area contributed by atoms with Crippen molar-refractivity contribution in [3.05, 3.63) is 34.6 Å². The highest BCUT2D eigenvalue weighted by atomic mass is 35.5. The van der Waals surface area contributed by atoms with Crippen LogP contribution in [0, 0.1) is 17.2 Å². The molecule has 3 rings (SSSR count). The maximum atomic E-state index is 13.0. The SMILES string of the molecule is O=C(NCCc1ccc(F)cc1Cl)N1C[C@@H]2CCC[C@@]2(C(=O)O)C1. The number of carbonyl (C=O) groups is 2. The van der Waals surface area contributed by atoms with Crippen LogP contribution in [0.2, 0.25) is 5.02 Å². The third kappa shape index (κ3) is 3.07. The monoisotopic (exact) mass is 354 g/mol. The van der Waals surface area contributed by atoms with E-state index < -0.39 is 17.2 Å². The molecule has 1 aromatic rings. The predicted molar refractivity (Wildman–Crippen MR) is 87.5 cm³/mol. The van der Waals surface area contributed by atoms with Gasteiger partial charge in [-0.1, -0.05) is 24.1 Å². The number of rotatable bonds is 4. The summed E-state index contributed by atoms with van der Waals surface area (Å²) in [6.07, 6.45) is 2.91. The van der Waals surface area contributed by atoms with Crippen LogP contribution in [0.5, 0.6) is 0 Å². The highest BCUT2D eigenvalue weighted by molar-refractivity contribution is 6.31. The molecule has 2 aliphatic rings. The van der Waals surface area contributed by atoms with Crippen molar-refractivity contribution in [1.29, 1.82) is 0 Å². The van der Waals surface area contributed by atoms with Crippen LogP contribution in [0.25, 0.3) is 0 Å². The summed E-state index contributed by atoms with van der Waals surface area (Å²) in [5.74, 6) is -1.14. The molecule has 7 heteroatoms. The van der Waals surface area contributed by atoms with Gasteiger partial charge >= 0.3 is 12.0 Å². The zero-order chi connectivity index (χ0) is 17.3. The maximum Gasteiger partial charge on any atom is 0.317 e. The molecule has 5 nitrogen and oxygen atoms in total. The van der Waals surface area contributed by atoms with Crippen molar-refractivity contribution in [2.45, 2.75) is 25.7 Å². The molecule has 2 fully saturated rings. The fourth-order valence-electron chi connectivity index (χ4n) is 3.93. The Morgan fingerprint density at radius 2 is 2.25 bits per heavy atom. The van der Waals surface area contributed by atoms with Crippen molar-refractivity contribution < 1.29 is 19.1 Å². The van der Waals surface area contributed by atoms with E-state index in [1.165, 1.54) is 12.1 Å². The molecule has 130 valence electrons. The summed E-state index contributed by atoms with van der Waals surface area (Å²) < 4.78 is 13.0. The number of carboxylic acids is 1. The second kappa shape index (κ2) is 6.59. The van der Waals surface area contributed by atoms with Gasteiger partial charge in [0.1, 0.15) is 5.82 Å². The average molecular weight is 355 g/mol. The summed E-state index contributed by atoms with van der Waals surface area (Å²) in [5, 5.41) is 12.7. The summed E-state index contributed by atoms with van der Waals surface area (Å²) in [5.41, 5.74) is -0.00361. The van der Waals surface area contributed by atoms with Gasteiger partial charge in [0.15, 0.2) is 0 Å². The molecular formula is C17H20ClFN2O3. The first-order valence-electron chi connectivity index (χ1n) is 8.12. The summed E-state index contributed by atoms with van der Waals surface area (Å²) in [4.78, 5) is 25.5. The van der Waals surface area contributed by atoms with Crippen molar-refractivity contribution >= 4 is 23.6 Å². The molecule has 1 aliphatic heterocycles. The van der Waals surface area contributed by atoms with Crippen LogP contribution in [0.1, 0.15) is 24.8 Å². The molecule has 1 saturated carbocycles. The summed E-state index contributed by atoms with van der Waals surface area (Å²) in [6.45, 7) is 1.14. The van der Waals surface area contributed by atoms with Gasteiger partial charge in [0.05, 0.1) is 5.41 Å². The summed E-state index contributed by atoms with van der Waals surface area (Å²) in [7, 11) is 0. The van der Waals surface area contributed by atoms with E-state index in [2.05, 4.69) is 5.32 Å². The number of nitrogens with one attached hydrogen (secondary N) is 1. The molecule has 24 heavy (non-hydrogen) atoms. The summed E-state index contributed by atoms with van der Waals surface area (Å²) in [6, 6.07) is 3.94. The Labute approximate surface area is 144 Å². The molecule has 0 bridgehead atoms. The lowest BCUT2D eigenvalue weighted by atomic mass is 9.81. The first-order valence-corrected chi connectivity index (χ1v) is 8.50. The molecular weight excluding hydrogens is 335 g/mol. The van der Waals surface area contributed by atoms with Crippen molar-refractivity contribution in [3.63, 3.8) is 0 Å². The molecule has 2 atom stereocenters. The number of aliphatic carboxylic acids is 1. The van der Waals surface area contributed by atoms with Gasteiger partial charge in [0, 0.05) is 24.7 Å². The average Bonchev–Trinajstić information content (AvgIpc) is 3.07. The number of benzene rings is 1. The number of urea groups is 1. The molecule has 0 radical (unpaired) electrons. The van der Waals surface area contributed by atoms with Crippen LogP contribution in [-0.4, -0.2) is 41.6 Å². The summed E-state index contributed by atoms with van der Waals surface area (Å²) >= 11 is 5.96. The molecule has 2 N–H and O–H groups in total. The van der Waals surface area contributed by atoms with Gasteiger partial charge in [0.25, 0.3) is 0 Å². The van der Waals surface area contributed by atoms with E-state index >= 15 is 0 Å². The van der Waals surface area contributed by atoms with E-state index in [9.17, 15) is 19.1 Å². The number of carboxylic acid groups (broad SMARTS) is 1. The number of fused-ring (bicyclic) bond motifs is 1. The van der Waals surface area contributed by atoms with Gasteiger partial charge in [-0.05, 0) is 42.9 Å². The van der Waals surface area contributed by atoms with Crippen LogP contribution >= 0.6 is 11.6 Å². The van der Waals surface area contributed by atoms with Crippen molar-refractivity contribution in [2.75, 3.05) is 19.6 Å². The number of nitrogens with zero attached hydrogens (tertiary/aromatic N) is 1. The number of hydrogen-bond acceptors (Lipinski definition) is 2. The van der Waals surface area contributed by atoms with Gasteiger partial charge in [-0.25, -0.2) is 9.18 Å².